The van der Waals surface area contributed by atoms with Crippen LogP contribution in [0.25, 0.3) is 11.3 Å². The van der Waals surface area contributed by atoms with Crippen molar-refractivity contribution in [2.75, 3.05) is 13.1 Å². The number of carbonyl (C=O) groups is 3. The van der Waals surface area contributed by atoms with Gasteiger partial charge in [-0.15, -0.1) is 0 Å². The fourth-order valence-electron chi connectivity index (χ4n) is 5.71. The number of hydrogen-bond acceptors (Lipinski definition) is 5. The molecule has 0 N–H and O–H groups in total. The predicted octanol–water partition coefficient (Wildman–Crippen LogP) is 4.52. The molecule has 0 unspecified atom stereocenters. The third kappa shape index (κ3) is 4.65. The number of nitriles is 1. The molecular formula is C28H31N3O3. The molecule has 34 heavy (non-hydrogen) atoms. The van der Waals surface area contributed by atoms with Gasteiger partial charge in [0.2, 0.25) is 5.91 Å². The third-order valence-corrected chi connectivity index (χ3v) is 7.50. The van der Waals surface area contributed by atoms with Crippen LogP contribution in [-0.2, 0) is 14.4 Å². The van der Waals surface area contributed by atoms with E-state index < -0.39 is 5.92 Å². The van der Waals surface area contributed by atoms with E-state index in [2.05, 4.69) is 11.1 Å². The van der Waals surface area contributed by atoms with Crippen LogP contribution in [0.4, 0.5) is 0 Å². The lowest BCUT2D eigenvalue weighted by atomic mass is 9.69. The van der Waals surface area contributed by atoms with Gasteiger partial charge < -0.3 is 4.90 Å². The fraction of sp³-hybridized carbons (Fsp3) is 0.464. The van der Waals surface area contributed by atoms with Gasteiger partial charge in [0.25, 0.3) is 0 Å². The highest BCUT2D eigenvalue weighted by molar-refractivity contribution is 6.10. The molecule has 1 aromatic carbocycles. The van der Waals surface area contributed by atoms with Gasteiger partial charge in [0.15, 0.2) is 0 Å². The van der Waals surface area contributed by atoms with E-state index >= 15 is 0 Å². The van der Waals surface area contributed by atoms with Crippen LogP contribution in [0.5, 0.6) is 0 Å². The van der Waals surface area contributed by atoms with Gasteiger partial charge in [0.05, 0.1) is 11.3 Å². The van der Waals surface area contributed by atoms with E-state index in [-0.39, 0.29) is 23.4 Å². The molecule has 0 atom stereocenters. The molecule has 0 radical (unpaired) electrons. The summed E-state index contributed by atoms with van der Waals surface area (Å²) in [6.45, 7) is 7.22. The number of pyridine rings is 1. The summed E-state index contributed by atoms with van der Waals surface area (Å²) in [6, 6.07) is 9.57. The van der Waals surface area contributed by atoms with Crippen molar-refractivity contribution in [3.8, 4) is 17.3 Å². The molecule has 6 heteroatoms. The molecule has 0 bridgehead atoms. The quantitative estimate of drug-likeness (QED) is 0.630. The Morgan fingerprint density at radius 2 is 1.68 bits per heavy atom. The minimum atomic E-state index is -0.694. The monoisotopic (exact) mass is 457 g/mol. The first-order chi connectivity index (χ1) is 16.3. The highest BCUT2D eigenvalue weighted by Gasteiger charge is 2.41. The zero-order valence-electron chi connectivity index (χ0n) is 20.1. The molecule has 0 spiro atoms. The minimum absolute atomic E-state index is 0.0174. The van der Waals surface area contributed by atoms with Crippen LogP contribution in [-0.4, -0.2) is 40.4 Å². The van der Waals surface area contributed by atoms with Gasteiger partial charge in [-0.25, -0.2) is 0 Å². The van der Waals surface area contributed by atoms with E-state index in [4.69, 9.17) is 5.26 Å². The Balaban J connectivity index is 1.50. The summed E-state index contributed by atoms with van der Waals surface area (Å²) in [5, 5.41) is 8.99. The number of benzene rings is 1. The Hall–Kier alpha value is -3.33. The van der Waals surface area contributed by atoms with Crippen LogP contribution >= 0.6 is 0 Å². The molecule has 2 fully saturated rings. The second kappa shape index (κ2) is 9.89. The topological polar surface area (TPSA) is 91.1 Å². The van der Waals surface area contributed by atoms with Crippen molar-refractivity contribution in [3.05, 3.63) is 52.7 Å². The SMILES string of the molecule is CCC(=O)N1CCC(C2CC(=O)C(c3c(C)cc(-c4ccc(C#N)cn4)cc3C)C(=O)C2)CC1. The summed E-state index contributed by atoms with van der Waals surface area (Å²) in [7, 11) is 0. The van der Waals surface area contributed by atoms with Gasteiger partial charge in [0.1, 0.15) is 23.6 Å². The normalized spacial score (nSPS) is 21.4. The fourth-order valence-corrected chi connectivity index (χ4v) is 5.71. The largest absolute Gasteiger partial charge is 0.343 e. The summed E-state index contributed by atoms with van der Waals surface area (Å²) in [5.74, 6) is -0.0759. The molecule has 1 aromatic heterocycles. The average Bonchev–Trinajstić information content (AvgIpc) is 2.84. The molecule has 2 heterocycles. The van der Waals surface area contributed by atoms with E-state index in [9.17, 15) is 14.4 Å². The standard InChI is InChI=1S/C28H31N3O3/c1-4-26(34)31-9-7-20(8-10-31)21-13-24(32)28(25(33)14-21)27-17(2)11-22(12-18(27)3)23-6-5-19(15-29)16-30-23/h5-6,11-12,16,20-21,28H,4,7-10,13-14H2,1-3H3. The lowest BCUT2D eigenvalue weighted by molar-refractivity contribution is -0.137. The second-order valence-electron chi connectivity index (χ2n) is 9.67. The number of carbonyl (C=O) groups excluding carboxylic acids is 3. The molecule has 2 aliphatic rings. The Kier molecular flexibility index (Phi) is 6.92. The maximum atomic E-state index is 13.3. The van der Waals surface area contributed by atoms with Crippen LogP contribution in [0.3, 0.4) is 0 Å². The first-order valence-corrected chi connectivity index (χ1v) is 12.1. The summed E-state index contributed by atoms with van der Waals surface area (Å²) in [4.78, 5) is 44.8. The van der Waals surface area contributed by atoms with Gasteiger partial charge in [0, 0.05) is 44.1 Å². The van der Waals surface area contributed by atoms with E-state index in [0.717, 1.165) is 53.9 Å². The maximum absolute atomic E-state index is 13.3. The molecule has 6 nitrogen and oxygen atoms in total. The molecule has 4 rings (SSSR count). The van der Waals surface area contributed by atoms with Gasteiger partial charge in [-0.1, -0.05) is 6.92 Å². The number of rotatable bonds is 4. The van der Waals surface area contributed by atoms with Crippen LogP contribution in [0.2, 0.25) is 0 Å². The highest BCUT2D eigenvalue weighted by Crippen LogP contribution is 2.40. The maximum Gasteiger partial charge on any atom is 0.222 e. The number of aryl methyl sites for hydroxylation is 2. The van der Waals surface area contributed by atoms with Crippen LogP contribution in [0, 0.1) is 37.0 Å². The molecule has 2 aromatic rings. The Morgan fingerprint density at radius 3 is 2.18 bits per heavy atom. The number of Topliss-reactive ketones (excluding diaryl/α,β-unsaturated/α-hetero) is 2. The summed E-state index contributed by atoms with van der Waals surface area (Å²) < 4.78 is 0. The molecule has 1 aliphatic carbocycles. The molecule has 1 saturated carbocycles. The molecule has 1 amide bonds. The van der Waals surface area contributed by atoms with Gasteiger partial charge in [-0.3, -0.25) is 19.4 Å². The van der Waals surface area contributed by atoms with Crippen molar-refractivity contribution < 1.29 is 14.4 Å². The van der Waals surface area contributed by atoms with Crippen molar-refractivity contribution in [2.45, 2.75) is 58.8 Å². The number of nitrogens with zero attached hydrogens (tertiary/aromatic N) is 3. The van der Waals surface area contributed by atoms with Crippen molar-refractivity contribution in [3.63, 3.8) is 0 Å². The summed E-state index contributed by atoms with van der Waals surface area (Å²) in [6.07, 6.45) is 4.66. The molecule has 1 saturated heterocycles. The van der Waals surface area contributed by atoms with E-state index in [0.29, 0.717) is 30.7 Å². The zero-order chi connectivity index (χ0) is 24.4. The summed E-state index contributed by atoms with van der Waals surface area (Å²) in [5.41, 5.74) is 4.82. The molecule has 1 aliphatic heterocycles. The first-order valence-electron chi connectivity index (χ1n) is 12.1. The Labute approximate surface area is 201 Å². The van der Waals surface area contributed by atoms with Crippen LogP contribution in [0.1, 0.15) is 67.2 Å². The van der Waals surface area contributed by atoms with Crippen molar-refractivity contribution in [1.29, 1.82) is 5.26 Å². The van der Waals surface area contributed by atoms with E-state index in [1.807, 2.05) is 43.9 Å². The van der Waals surface area contributed by atoms with Crippen molar-refractivity contribution >= 4 is 17.5 Å². The van der Waals surface area contributed by atoms with E-state index in [1.54, 1.807) is 12.3 Å². The highest BCUT2D eigenvalue weighted by atomic mass is 16.2. The smallest absolute Gasteiger partial charge is 0.222 e. The number of amides is 1. The van der Waals surface area contributed by atoms with E-state index in [1.165, 1.54) is 0 Å². The predicted molar refractivity (Wildman–Crippen MR) is 129 cm³/mol. The Bertz CT molecular complexity index is 1110. The number of piperidine rings is 1. The number of ketones is 2. The van der Waals surface area contributed by atoms with Gasteiger partial charge in [-0.2, -0.15) is 5.26 Å². The van der Waals surface area contributed by atoms with Gasteiger partial charge >= 0.3 is 0 Å². The Morgan fingerprint density at radius 1 is 1.06 bits per heavy atom. The third-order valence-electron chi connectivity index (χ3n) is 7.50. The first kappa shape index (κ1) is 23.8. The lowest BCUT2D eigenvalue weighted by Gasteiger charge is -2.38. The molecular weight excluding hydrogens is 426 g/mol. The van der Waals surface area contributed by atoms with Crippen molar-refractivity contribution in [2.24, 2.45) is 11.8 Å². The molecule has 176 valence electrons. The van der Waals surface area contributed by atoms with Crippen molar-refractivity contribution in [1.82, 2.24) is 9.88 Å². The number of likely N-dealkylation sites (tertiary alicyclic amines) is 1. The summed E-state index contributed by atoms with van der Waals surface area (Å²) >= 11 is 0. The zero-order valence-corrected chi connectivity index (χ0v) is 20.1. The number of hydrogen-bond donors (Lipinski definition) is 0. The second-order valence-corrected chi connectivity index (χ2v) is 9.67. The minimum Gasteiger partial charge on any atom is -0.343 e. The average molecular weight is 458 g/mol. The van der Waals surface area contributed by atoms with Crippen LogP contribution in [0.15, 0.2) is 30.5 Å². The number of aromatic nitrogens is 1. The van der Waals surface area contributed by atoms with Crippen LogP contribution < -0.4 is 0 Å². The van der Waals surface area contributed by atoms with Gasteiger partial charge in [-0.05, 0) is 79.5 Å². The lowest BCUT2D eigenvalue weighted by Crippen LogP contribution is -2.42.